The number of carbonyl (C=O) groups excluding carboxylic acids is 2. The van der Waals surface area contributed by atoms with Gasteiger partial charge in [-0.25, -0.2) is 4.79 Å². The van der Waals surface area contributed by atoms with Gasteiger partial charge in [0.15, 0.2) is 5.96 Å². The molecule has 10 heteroatoms. The van der Waals surface area contributed by atoms with Crippen molar-refractivity contribution in [3.05, 3.63) is 0 Å². The van der Waals surface area contributed by atoms with Gasteiger partial charge < -0.3 is 25.6 Å². The molecule has 9 nitrogen and oxygen atoms in total. The zero-order valence-electron chi connectivity index (χ0n) is 18.9. The average Bonchev–Trinajstić information content (AvgIpc) is 2.64. The molecule has 2 aliphatic rings. The first kappa shape index (κ1) is 26.7. The van der Waals surface area contributed by atoms with Gasteiger partial charge in [-0.3, -0.25) is 14.7 Å². The van der Waals surface area contributed by atoms with Crippen LogP contribution in [0.4, 0.5) is 4.79 Å². The molecular weight excluding hydrogens is 499 g/mol. The first-order valence-corrected chi connectivity index (χ1v) is 10.6. The molecule has 0 spiro atoms. The Balaban J connectivity index is 0.00000450. The molecule has 2 aliphatic heterocycles. The number of piperazine rings is 1. The molecule has 0 aromatic heterocycles. The van der Waals surface area contributed by atoms with E-state index in [2.05, 4.69) is 20.1 Å². The number of primary amides is 1. The highest BCUT2D eigenvalue weighted by Crippen LogP contribution is 2.19. The molecule has 0 radical (unpaired) electrons. The van der Waals surface area contributed by atoms with Gasteiger partial charge in [-0.1, -0.05) is 0 Å². The molecule has 0 aliphatic carbocycles. The van der Waals surface area contributed by atoms with Crippen LogP contribution in [-0.2, 0) is 9.53 Å². The van der Waals surface area contributed by atoms with Crippen molar-refractivity contribution in [3.63, 3.8) is 0 Å². The normalized spacial score (nSPS) is 21.1. The van der Waals surface area contributed by atoms with Crippen LogP contribution < -0.4 is 11.1 Å². The van der Waals surface area contributed by atoms with E-state index >= 15 is 0 Å². The van der Waals surface area contributed by atoms with Crippen molar-refractivity contribution in [3.8, 4) is 0 Å². The Bertz CT molecular complexity index is 588. The van der Waals surface area contributed by atoms with Crippen LogP contribution in [0.25, 0.3) is 0 Å². The van der Waals surface area contributed by atoms with E-state index in [1.807, 2.05) is 20.8 Å². The molecule has 2 rings (SSSR count). The number of hydrogen-bond acceptors (Lipinski definition) is 5. The van der Waals surface area contributed by atoms with Crippen LogP contribution in [0.3, 0.4) is 0 Å². The minimum atomic E-state index is -0.459. The van der Waals surface area contributed by atoms with E-state index in [4.69, 9.17) is 10.5 Å². The first-order valence-electron chi connectivity index (χ1n) is 10.6. The fraction of sp³-hybridized carbons (Fsp3) is 0.850. The number of likely N-dealkylation sites (tertiary alicyclic amines) is 1. The standard InChI is InChI=1S/C20H38N6O3.HI/c1-20(2,3)29-19(28)25-12-10-24(11-13-25)9-7-23-18(22-4)26-8-5-6-16(15-26)14-17(21)27;/h16H,5-15H2,1-4H3,(H2,21,27)(H,22,23);1H. The summed E-state index contributed by atoms with van der Waals surface area (Å²) in [5.41, 5.74) is 4.90. The predicted molar refractivity (Wildman–Crippen MR) is 129 cm³/mol. The molecule has 0 aromatic rings. The van der Waals surface area contributed by atoms with Crippen molar-refractivity contribution in [1.82, 2.24) is 20.0 Å². The summed E-state index contributed by atoms with van der Waals surface area (Å²) in [6.07, 6.45) is 2.30. The lowest BCUT2D eigenvalue weighted by molar-refractivity contribution is -0.119. The van der Waals surface area contributed by atoms with Gasteiger partial charge in [0.05, 0.1) is 0 Å². The van der Waals surface area contributed by atoms with Crippen LogP contribution in [0, 0.1) is 5.92 Å². The fourth-order valence-corrected chi connectivity index (χ4v) is 3.85. The van der Waals surface area contributed by atoms with Gasteiger partial charge >= 0.3 is 6.09 Å². The van der Waals surface area contributed by atoms with Crippen molar-refractivity contribution >= 4 is 41.9 Å². The topological polar surface area (TPSA) is 104 Å². The van der Waals surface area contributed by atoms with Crippen LogP contribution >= 0.6 is 24.0 Å². The molecule has 2 fully saturated rings. The minimum absolute atomic E-state index is 0. The second-order valence-electron chi connectivity index (χ2n) is 8.91. The average molecular weight is 538 g/mol. The smallest absolute Gasteiger partial charge is 0.410 e. The Labute approximate surface area is 197 Å². The molecule has 2 saturated heterocycles. The SMILES string of the molecule is CN=C(NCCN1CCN(C(=O)OC(C)(C)C)CC1)N1CCCC(CC(N)=O)C1.I. The monoisotopic (exact) mass is 538 g/mol. The van der Waals surface area contributed by atoms with E-state index in [0.29, 0.717) is 25.4 Å². The molecule has 0 bridgehead atoms. The molecule has 2 heterocycles. The Hall–Kier alpha value is -1.30. The second-order valence-corrected chi connectivity index (χ2v) is 8.91. The Morgan fingerprint density at radius 2 is 1.80 bits per heavy atom. The zero-order chi connectivity index (χ0) is 21.4. The van der Waals surface area contributed by atoms with Crippen molar-refractivity contribution in [2.24, 2.45) is 16.6 Å². The number of rotatable bonds is 5. The van der Waals surface area contributed by atoms with E-state index in [1.165, 1.54) is 0 Å². The molecule has 174 valence electrons. The summed E-state index contributed by atoms with van der Waals surface area (Å²) in [6.45, 7) is 12.1. The third kappa shape index (κ3) is 9.23. The van der Waals surface area contributed by atoms with Gasteiger partial charge in [0, 0.05) is 65.8 Å². The lowest BCUT2D eigenvalue weighted by atomic mass is 9.95. The molecule has 1 unspecified atom stereocenters. The summed E-state index contributed by atoms with van der Waals surface area (Å²) in [7, 11) is 1.79. The quantitative estimate of drug-likeness (QED) is 0.311. The van der Waals surface area contributed by atoms with Crippen LogP contribution in [0.2, 0.25) is 0 Å². The van der Waals surface area contributed by atoms with Crippen molar-refractivity contribution in [1.29, 1.82) is 0 Å². The number of nitrogens with two attached hydrogens (primary N) is 1. The maximum Gasteiger partial charge on any atom is 0.410 e. The van der Waals surface area contributed by atoms with Crippen LogP contribution in [0.1, 0.15) is 40.0 Å². The van der Waals surface area contributed by atoms with Gasteiger partial charge in [-0.05, 0) is 39.5 Å². The first-order chi connectivity index (χ1) is 13.7. The Morgan fingerprint density at radius 1 is 1.13 bits per heavy atom. The maximum absolute atomic E-state index is 12.2. The van der Waals surface area contributed by atoms with Crippen LogP contribution in [-0.4, -0.2) is 97.7 Å². The molecule has 2 amide bonds. The number of nitrogens with one attached hydrogen (secondary N) is 1. The molecule has 1 atom stereocenters. The highest BCUT2D eigenvalue weighted by Gasteiger charge is 2.26. The third-order valence-electron chi connectivity index (χ3n) is 5.26. The van der Waals surface area contributed by atoms with Gasteiger partial charge in [0.25, 0.3) is 0 Å². The number of hydrogen-bond donors (Lipinski definition) is 2. The Kier molecular flexibility index (Phi) is 11.2. The summed E-state index contributed by atoms with van der Waals surface area (Å²) >= 11 is 0. The highest BCUT2D eigenvalue weighted by molar-refractivity contribution is 14.0. The largest absolute Gasteiger partial charge is 0.444 e. The summed E-state index contributed by atoms with van der Waals surface area (Å²) in [5, 5.41) is 3.44. The van der Waals surface area contributed by atoms with E-state index in [9.17, 15) is 9.59 Å². The number of carbonyl (C=O) groups is 2. The number of guanidine groups is 1. The van der Waals surface area contributed by atoms with Crippen molar-refractivity contribution in [2.45, 2.75) is 45.6 Å². The minimum Gasteiger partial charge on any atom is -0.444 e. The Morgan fingerprint density at radius 3 is 2.37 bits per heavy atom. The van der Waals surface area contributed by atoms with Crippen molar-refractivity contribution < 1.29 is 14.3 Å². The van der Waals surface area contributed by atoms with E-state index in [1.54, 1.807) is 11.9 Å². The molecule has 0 aromatic carbocycles. The predicted octanol–water partition coefficient (Wildman–Crippen LogP) is 1.32. The number of nitrogens with zero attached hydrogens (tertiary/aromatic N) is 4. The third-order valence-corrected chi connectivity index (χ3v) is 5.26. The van der Waals surface area contributed by atoms with E-state index in [-0.39, 0.29) is 36.0 Å². The molecule has 0 saturated carbocycles. The number of ether oxygens (including phenoxy) is 1. The van der Waals surface area contributed by atoms with E-state index < -0.39 is 5.60 Å². The molecule has 3 N–H and O–H groups in total. The van der Waals surface area contributed by atoms with Crippen LogP contribution in [0.5, 0.6) is 0 Å². The summed E-state index contributed by atoms with van der Waals surface area (Å²) in [6, 6.07) is 0. The fourth-order valence-electron chi connectivity index (χ4n) is 3.85. The zero-order valence-corrected chi connectivity index (χ0v) is 21.2. The van der Waals surface area contributed by atoms with Gasteiger partial charge in [0.2, 0.25) is 5.91 Å². The van der Waals surface area contributed by atoms with Gasteiger partial charge in [0.1, 0.15) is 5.60 Å². The number of piperidine rings is 1. The second kappa shape index (κ2) is 12.5. The lowest BCUT2D eigenvalue weighted by Crippen LogP contribution is -2.52. The summed E-state index contributed by atoms with van der Waals surface area (Å²) < 4.78 is 5.45. The molecule has 30 heavy (non-hydrogen) atoms. The highest BCUT2D eigenvalue weighted by atomic mass is 127. The van der Waals surface area contributed by atoms with Gasteiger partial charge in [-0.2, -0.15) is 0 Å². The van der Waals surface area contributed by atoms with E-state index in [0.717, 1.165) is 58.1 Å². The number of aliphatic imine (C=N–C) groups is 1. The summed E-state index contributed by atoms with van der Waals surface area (Å²) in [4.78, 5) is 34.1. The lowest BCUT2D eigenvalue weighted by Gasteiger charge is -2.36. The summed E-state index contributed by atoms with van der Waals surface area (Å²) in [5.74, 6) is 0.956. The molecular formula is C20H39IN6O3. The van der Waals surface area contributed by atoms with Crippen molar-refractivity contribution in [2.75, 3.05) is 59.4 Å². The van der Waals surface area contributed by atoms with Gasteiger partial charge in [-0.15, -0.1) is 24.0 Å². The number of halogens is 1. The number of amides is 2. The van der Waals surface area contributed by atoms with Crippen LogP contribution in [0.15, 0.2) is 4.99 Å². The maximum atomic E-state index is 12.2.